The summed E-state index contributed by atoms with van der Waals surface area (Å²) in [6, 6.07) is 20.9. The highest BCUT2D eigenvalue weighted by Gasteiger charge is 2.14. The van der Waals surface area contributed by atoms with Crippen molar-refractivity contribution in [2.75, 3.05) is 5.32 Å². The smallest absolute Gasteiger partial charge is 0.252 e. The molecule has 1 heterocycles. The third-order valence-corrected chi connectivity index (χ3v) is 5.08. The molecule has 0 aliphatic carbocycles. The standard InChI is InChI=1S/C26H22FN3O2/c1-16-3-12-24-22(13-16)23(26(32)28-15-18-4-8-20(27)9-5-18)14-25(30-24)19-6-10-21(11-7-19)29-17(2)31/h3-14H,15H2,1-2H3,(H,28,32)(H,29,31). The lowest BCUT2D eigenvalue weighted by atomic mass is 10.0. The normalized spacial score (nSPS) is 10.7. The molecule has 0 unspecified atom stereocenters. The molecule has 0 atom stereocenters. The van der Waals surface area contributed by atoms with E-state index in [2.05, 4.69) is 10.6 Å². The molecule has 0 radical (unpaired) electrons. The monoisotopic (exact) mass is 427 g/mol. The zero-order valence-electron chi connectivity index (χ0n) is 17.8. The van der Waals surface area contributed by atoms with Crippen LogP contribution >= 0.6 is 0 Å². The van der Waals surface area contributed by atoms with Gasteiger partial charge in [-0.2, -0.15) is 0 Å². The van der Waals surface area contributed by atoms with Gasteiger partial charge < -0.3 is 10.6 Å². The lowest BCUT2D eigenvalue weighted by Gasteiger charge is -2.12. The average Bonchev–Trinajstić information content (AvgIpc) is 2.78. The molecular weight excluding hydrogens is 405 g/mol. The molecule has 2 amide bonds. The number of halogens is 1. The summed E-state index contributed by atoms with van der Waals surface area (Å²) in [4.78, 5) is 29.1. The Morgan fingerprint density at radius 3 is 2.34 bits per heavy atom. The van der Waals surface area contributed by atoms with Crippen LogP contribution in [0.5, 0.6) is 0 Å². The number of pyridine rings is 1. The van der Waals surface area contributed by atoms with E-state index in [1.807, 2.05) is 37.3 Å². The number of nitrogens with one attached hydrogen (secondary N) is 2. The number of hydrogen-bond donors (Lipinski definition) is 2. The Bertz CT molecular complexity index is 1300. The van der Waals surface area contributed by atoms with Crippen molar-refractivity contribution in [1.29, 1.82) is 0 Å². The molecule has 0 bridgehead atoms. The van der Waals surface area contributed by atoms with Crippen molar-refractivity contribution in [3.8, 4) is 11.3 Å². The van der Waals surface area contributed by atoms with Crippen LogP contribution in [0.25, 0.3) is 22.2 Å². The zero-order valence-corrected chi connectivity index (χ0v) is 17.8. The summed E-state index contributed by atoms with van der Waals surface area (Å²) in [5.74, 6) is -0.689. The van der Waals surface area contributed by atoms with E-state index >= 15 is 0 Å². The third-order valence-electron chi connectivity index (χ3n) is 5.08. The molecule has 3 aromatic carbocycles. The minimum absolute atomic E-state index is 0.142. The number of benzene rings is 3. The molecule has 0 aliphatic rings. The van der Waals surface area contributed by atoms with Crippen molar-refractivity contribution in [3.05, 3.63) is 95.3 Å². The predicted octanol–water partition coefficient (Wildman–Crippen LogP) is 5.24. The highest BCUT2D eigenvalue weighted by atomic mass is 19.1. The maximum atomic E-state index is 13.1. The summed E-state index contributed by atoms with van der Waals surface area (Å²) in [5, 5.41) is 6.42. The van der Waals surface area contributed by atoms with Gasteiger partial charge in [0.15, 0.2) is 0 Å². The predicted molar refractivity (Wildman–Crippen MR) is 124 cm³/mol. The summed E-state index contributed by atoms with van der Waals surface area (Å²) < 4.78 is 13.1. The van der Waals surface area contributed by atoms with Crippen LogP contribution in [-0.2, 0) is 11.3 Å². The number of rotatable bonds is 5. The molecule has 0 saturated carbocycles. The number of aromatic nitrogens is 1. The number of nitrogens with zero attached hydrogens (tertiary/aromatic N) is 1. The van der Waals surface area contributed by atoms with Gasteiger partial charge >= 0.3 is 0 Å². The second-order valence-electron chi connectivity index (χ2n) is 7.64. The van der Waals surface area contributed by atoms with Crippen LogP contribution in [0, 0.1) is 12.7 Å². The van der Waals surface area contributed by atoms with Crippen molar-refractivity contribution in [1.82, 2.24) is 10.3 Å². The summed E-state index contributed by atoms with van der Waals surface area (Å²) in [7, 11) is 0. The first-order valence-corrected chi connectivity index (χ1v) is 10.2. The lowest BCUT2D eigenvalue weighted by Crippen LogP contribution is -2.23. The number of anilines is 1. The van der Waals surface area contributed by atoms with E-state index in [9.17, 15) is 14.0 Å². The molecule has 1 aromatic heterocycles. The molecule has 4 aromatic rings. The molecule has 32 heavy (non-hydrogen) atoms. The Labute approximate surface area is 185 Å². The summed E-state index contributed by atoms with van der Waals surface area (Å²) in [6.07, 6.45) is 0. The van der Waals surface area contributed by atoms with Crippen molar-refractivity contribution >= 4 is 28.4 Å². The number of carbonyl (C=O) groups excluding carboxylic acids is 2. The van der Waals surface area contributed by atoms with Gasteiger partial charge in [-0.05, 0) is 55.0 Å². The van der Waals surface area contributed by atoms with Crippen LogP contribution in [0.4, 0.5) is 10.1 Å². The van der Waals surface area contributed by atoms with Crippen molar-refractivity contribution in [2.45, 2.75) is 20.4 Å². The van der Waals surface area contributed by atoms with Crippen molar-refractivity contribution in [3.63, 3.8) is 0 Å². The van der Waals surface area contributed by atoms with Gasteiger partial charge in [-0.15, -0.1) is 0 Å². The lowest BCUT2D eigenvalue weighted by molar-refractivity contribution is -0.114. The number of carbonyl (C=O) groups is 2. The minimum Gasteiger partial charge on any atom is -0.348 e. The summed E-state index contributed by atoms with van der Waals surface area (Å²) >= 11 is 0. The molecule has 0 fully saturated rings. The molecule has 6 heteroatoms. The van der Waals surface area contributed by atoms with Gasteiger partial charge in [-0.3, -0.25) is 9.59 Å². The van der Waals surface area contributed by atoms with Gasteiger partial charge in [0.05, 0.1) is 16.8 Å². The van der Waals surface area contributed by atoms with E-state index in [0.717, 1.165) is 22.1 Å². The van der Waals surface area contributed by atoms with E-state index in [0.29, 0.717) is 22.5 Å². The van der Waals surface area contributed by atoms with Crippen molar-refractivity contribution in [2.24, 2.45) is 0 Å². The Morgan fingerprint density at radius 1 is 0.938 bits per heavy atom. The Morgan fingerprint density at radius 2 is 1.66 bits per heavy atom. The molecular formula is C26H22FN3O2. The highest BCUT2D eigenvalue weighted by Crippen LogP contribution is 2.27. The molecule has 0 aliphatic heterocycles. The van der Waals surface area contributed by atoms with E-state index in [-0.39, 0.29) is 24.2 Å². The summed E-state index contributed by atoms with van der Waals surface area (Å²) in [6.45, 7) is 3.71. The van der Waals surface area contributed by atoms with Gasteiger partial charge in [0.1, 0.15) is 5.82 Å². The molecule has 0 saturated heterocycles. The van der Waals surface area contributed by atoms with E-state index < -0.39 is 0 Å². The van der Waals surface area contributed by atoms with Crippen LogP contribution in [0.3, 0.4) is 0 Å². The van der Waals surface area contributed by atoms with Gasteiger partial charge in [-0.25, -0.2) is 9.37 Å². The number of hydrogen-bond acceptors (Lipinski definition) is 3. The topological polar surface area (TPSA) is 71.1 Å². The number of amides is 2. The van der Waals surface area contributed by atoms with Crippen LogP contribution in [-0.4, -0.2) is 16.8 Å². The SMILES string of the molecule is CC(=O)Nc1ccc(-c2cc(C(=O)NCc3ccc(F)cc3)c3cc(C)ccc3n2)cc1. The molecule has 0 spiro atoms. The second kappa shape index (κ2) is 8.98. The van der Waals surface area contributed by atoms with Gasteiger partial charge in [0, 0.05) is 30.1 Å². The fourth-order valence-corrected chi connectivity index (χ4v) is 3.48. The van der Waals surface area contributed by atoms with Crippen molar-refractivity contribution < 1.29 is 14.0 Å². The average molecular weight is 427 g/mol. The van der Waals surface area contributed by atoms with E-state index in [1.54, 1.807) is 30.3 Å². The Kier molecular flexibility index (Phi) is 5.94. The zero-order chi connectivity index (χ0) is 22.7. The second-order valence-corrected chi connectivity index (χ2v) is 7.64. The summed E-state index contributed by atoms with van der Waals surface area (Å²) in [5.41, 5.74) is 5.24. The van der Waals surface area contributed by atoms with Crippen LogP contribution in [0.1, 0.15) is 28.4 Å². The maximum Gasteiger partial charge on any atom is 0.252 e. The van der Waals surface area contributed by atoms with Crippen LogP contribution in [0.2, 0.25) is 0 Å². The first-order chi connectivity index (χ1) is 15.4. The maximum absolute atomic E-state index is 13.1. The number of fused-ring (bicyclic) bond motifs is 1. The van der Waals surface area contributed by atoms with E-state index in [1.165, 1.54) is 19.1 Å². The van der Waals surface area contributed by atoms with E-state index in [4.69, 9.17) is 4.98 Å². The number of aryl methyl sites for hydroxylation is 1. The van der Waals surface area contributed by atoms with Gasteiger partial charge in [-0.1, -0.05) is 35.9 Å². The molecule has 2 N–H and O–H groups in total. The van der Waals surface area contributed by atoms with Crippen LogP contribution in [0.15, 0.2) is 72.8 Å². The molecule has 160 valence electrons. The minimum atomic E-state index is -0.315. The largest absolute Gasteiger partial charge is 0.348 e. The first kappa shape index (κ1) is 21.2. The van der Waals surface area contributed by atoms with Crippen LogP contribution < -0.4 is 10.6 Å². The fraction of sp³-hybridized carbons (Fsp3) is 0.115. The Balaban J connectivity index is 1.68. The fourth-order valence-electron chi connectivity index (χ4n) is 3.48. The molecule has 5 nitrogen and oxygen atoms in total. The highest BCUT2D eigenvalue weighted by molar-refractivity contribution is 6.07. The Hall–Kier alpha value is -4.06. The van der Waals surface area contributed by atoms with Gasteiger partial charge in [0.25, 0.3) is 5.91 Å². The molecule has 4 rings (SSSR count). The quantitative estimate of drug-likeness (QED) is 0.458. The third kappa shape index (κ3) is 4.81. The van der Waals surface area contributed by atoms with Gasteiger partial charge in [0.2, 0.25) is 5.91 Å². The first-order valence-electron chi connectivity index (χ1n) is 10.2.